The second-order valence-electron chi connectivity index (χ2n) is 4.47. The number of aromatic nitrogens is 1. The van der Waals surface area contributed by atoms with Crippen molar-refractivity contribution in [1.82, 2.24) is 4.98 Å². The van der Waals surface area contributed by atoms with Crippen LogP contribution in [-0.4, -0.2) is 22.0 Å². The van der Waals surface area contributed by atoms with Crippen LogP contribution in [0.25, 0.3) is 0 Å². The van der Waals surface area contributed by atoms with Gasteiger partial charge in [0.25, 0.3) is 0 Å². The fourth-order valence-electron chi connectivity index (χ4n) is 1.19. The molecule has 1 aromatic heterocycles. The molecule has 5 heteroatoms. The summed E-state index contributed by atoms with van der Waals surface area (Å²) in [4.78, 5) is 26.9. The van der Waals surface area contributed by atoms with E-state index in [2.05, 4.69) is 10.3 Å². The molecule has 0 saturated carbocycles. The molecule has 5 nitrogen and oxygen atoms in total. The van der Waals surface area contributed by atoms with E-state index in [0.717, 1.165) is 5.69 Å². The quantitative estimate of drug-likeness (QED) is 0.783. The molecule has 1 heterocycles. The van der Waals surface area contributed by atoms with Gasteiger partial charge in [-0.3, -0.25) is 14.6 Å². The van der Waals surface area contributed by atoms with Gasteiger partial charge in [-0.05, 0) is 39.8 Å². The van der Waals surface area contributed by atoms with Crippen LogP contribution >= 0.6 is 0 Å². The maximum Gasteiger partial charge on any atom is 0.318 e. The number of carboxylic acid groups (broad SMARTS) is 1. The van der Waals surface area contributed by atoms with Crippen LogP contribution in [0.2, 0.25) is 0 Å². The van der Waals surface area contributed by atoms with E-state index >= 15 is 0 Å². The number of pyridine rings is 1. The van der Waals surface area contributed by atoms with E-state index in [-0.39, 0.29) is 0 Å². The van der Waals surface area contributed by atoms with Gasteiger partial charge in [0, 0.05) is 5.69 Å². The van der Waals surface area contributed by atoms with Crippen LogP contribution in [0.4, 0.5) is 5.69 Å². The molecule has 1 aromatic rings. The predicted molar refractivity (Wildman–Crippen MR) is 63.8 cm³/mol. The molecule has 0 aromatic carbocycles. The van der Waals surface area contributed by atoms with Crippen molar-refractivity contribution in [2.45, 2.75) is 27.7 Å². The SMILES string of the molecule is Cc1ccc(NC(=O)C(C)(C)C(=O)O)c(C)n1. The predicted octanol–water partition coefficient (Wildman–Crippen LogP) is 1.75. The molecule has 0 radical (unpaired) electrons. The number of aliphatic carboxylic acids is 1. The Balaban J connectivity index is 2.92. The lowest BCUT2D eigenvalue weighted by Crippen LogP contribution is -2.38. The molecule has 1 amide bonds. The highest BCUT2D eigenvalue weighted by Gasteiger charge is 2.36. The number of nitrogens with zero attached hydrogens (tertiary/aromatic N) is 1. The topological polar surface area (TPSA) is 79.3 Å². The minimum absolute atomic E-state index is 0.537. The van der Waals surface area contributed by atoms with Crippen LogP contribution < -0.4 is 5.32 Å². The Hall–Kier alpha value is -1.91. The van der Waals surface area contributed by atoms with Crippen molar-refractivity contribution in [3.63, 3.8) is 0 Å². The lowest BCUT2D eigenvalue weighted by Gasteiger charge is -2.19. The normalized spacial score (nSPS) is 11.1. The maximum atomic E-state index is 11.8. The van der Waals surface area contributed by atoms with Crippen LogP contribution in [-0.2, 0) is 9.59 Å². The number of aryl methyl sites for hydroxylation is 2. The lowest BCUT2D eigenvalue weighted by molar-refractivity contribution is -0.151. The molecule has 0 unspecified atom stereocenters. The van der Waals surface area contributed by atoms with Gasteiger partial charge in [-0.1, -0.05) is 0 Å². The lowest BCUT2D eigenvalue weighted by atomic mass is 9.92. The van der Waals surface area contributed by atoms with Crippen LogP contribution in [0.3, 0.4) is 0 Å². The number of hydrogen-bond acceptors (Lipinski definition) is 3. The number of amides is 1. The van der Waals surface area contributed by atoms with Gasteiger partial charge < -0.3 is 10.4 Å². The third kappa shape index (κ3) is 2.81. The molecular weight excluding hydrogens is 220 g/mol. The summed E-state index contributed by atoms with van der Waals surface area (Å²) in [5.74, 6) is -1.72. The molecule has 0 aliphatic carbocycles. The van der Waals surface area contributed by atoms with Crippen molar-refractivity contribution < 1.29 is 14.7 Å². The molecule has 0 atom stereocenters. The third-order valence-electron chi connectivity index (χ3n) is 2.58. The molecule has 1 rings (SSSR count). The van der Waals surface area contributed by atoms with Gasteiger partial charge in [-0.2, -0.15) is 0 Å². The molecule has 92 valence electrons. The summed E-state index contributed by atoms with van der Waals surface area (Å²) in [6.07, 6.45) is 0. The van der Waals surface area contributed by atoms with E-state index in [1.165, 1.54) is 13.8 Å². The van der Waals surface area contributed by atoms with Crippen molar-refractivity contribution in [3.05, 3.63) is 23.5 Å². The maximum absolute atomic E-state index is 11.8. The molecule has 2 N–H and O–H groups in total. The van der Waals surface area contributed by atoms with Gasteiger partial charge in [-0.15, -0.1) is 0 Å². The fraction of sp³-hybridized carbons (Fsp3) is 0.417. The Morgan fingerprint density at radius 3 is 2.35 bits per heavy atom. The van der Waals surface area contributed by atoms with E-state index in [1.807, 2.05) is 6.92 Å². The van der Waals surface area contributed by atoms with Gasteiger partial charge in [0.05, 0.1) is 11.4 Å². The second kappa shape index (κ2) is 4.53. The molecule has 0 fully saturated rings. The number of carbonyl (C=O) groups is 2. The molecular formula is C12H16N2O3. The summed E-state index contributed by atoms with van der Waals surface area (Å²) in [5, 5.41) is 11.5. The van der Waals surface area contributed by atoms with Crippen LogP contribution in [0.15, 0.2) is 12.1 Å². The first kappa shape index (κ1) is 13.2. The summed E-state index contributed by atoms with van der Waals surface area (Å²) in [7, 11) is 0. The molecule has 17 heavy (non-hydrogen) atoms. The summed E-state index contributed by atoms with van der Waals surface area (Å²) in [6, 6.07) is 3.48. The van der Waals surface area contributed by atoms with E-state index in [4.69, 9.17) is 5.11 Å². The molecule has 0 bridgehead atoms. The van der Waals surface area contributed by atoms with Crippen molar-refractivity contribution in [3.8, 4) is 0 Å². The third-order valence-corrected chi connectivity index (χ3v) is 2.58. The first-order chi connectivity index (χ1) is 7.75. The zero-order valence-electron chi connectivity index (χ0n) is 10.4. The first-order valence-electron chi connectivity index (χ1n) is 5.24. The number of carboxylic acids is 1. The summed E-state index contributed by atoms with van der Waals surface area (Å²) in [5.41, 5.74) is 0.588. The monoisotopic (exact) mass is 236 g/mol. The van der Waals surface area contributed by atoms with Gasteiger partial charge in [0.2, 0.25) is 5.91 Å². The Morgan fingerprint density at radius 2 is 1.88 bits per heavy atom. The molecule has 0 spiro atoms. The number of anilines is 1. The Kier molecular flexibility index (Phi) is 3.50. The standard InChI is InChI=1S/C12H16N2O3/c1-7-5-6-9(8(2)13-7)14-10(15)12(3,4)11(16)17/h5-6H,1-4H3,(H,14,15)(H,16,17). The van der Waals surface area contributed by atoms with E-state index in [1.54, 1.807) is 19.1 Å². The number of nitrogens with one attached hydrogen (secondary N) is 1. The van der Waals surface area contributed by atoms with Gasteiger partial charge >= 0.3 is 5.97 Å². The van der Waals surface area contributed by atoms with E-state index in [9.17, 15) is 9.59 Å². The summed E-state index contributed by atoms with van der Waals surface area (Å²) in [6.45, 7) is 6.33. The average molecular weight is 236 g/mol. The van der Waals surface area contributed by atoms with Crippen LogP contribution in [0.1, 0.15) is 25.2 Å². The minimum atomic E-state index is -1.46. The zero-order valence-corrected chi connectivity index (χ0v) is 10.4. The van der Waals surface area contributed by atoms with Crippen LogP contribution in [0.5, 0.6) is 0 Å². The van der Waals surface area contributed by atoms with E-state index in [0.29, 0.717) is 11.4 Å². The van der Waals surface area contributed by atoms with Gasteiger partial charge in [0.1, 0.15) is 5.41 Å². The minimum Gasteiger partial charge on any atom is -0.480 e. The average Bonchev–Trinajstić information content (AvgIpc) is 2.21. The number of hydrogen-bond donors (Lipinski definition) is 2. The highest BCUT2D eigenvalue weighted by molar-refractivity contribution is 6.07. The van der Waals surface area contributed by atoms with Gasteiger partial charge in [0.15, 0.2) is 0 Å². The fourth-order valence-corrected chi connectivity index (χ4v) is 1.19. The van der Waals surface area contributed by atoms with Crippen molar-refractivity contribution in [1.29, 1.82) is 0 Å². The highest BCUT2D eigenvalue weighted by Crippen LogP contribution is 2.20. The van der Waals surface area contributed by atoms with Crippen molar-refractivity contribution in [2.75, 3.05) is 5.32 Å². The Morgan fingerprint density at radius 1 is 1.29 bits per heavy atom. The summed E-state index contributed by atoms with van der Waals surface area (Å²) < 4.78 is 0. The van der Waals surface area contributed by atoms with E-state index < -0.39 is 17.3 Å². The zero-order chi connectivity index (χ0) is 13.2. The summed E-state index contributed by atoms with van der Waals surface area (Å²) >= 11 is 0. The highest BCUT2D eigenvalue weighted by atomic mass is 16.4. The number of rotatable bonds is 3. The van der Waals surface area contributed by atoms with Gasteiger partial charge in [-0.25, -0.2) is 0 Å². The smallest absolute Gasteiger partial charge is 0.318 e. The van der Waals surface area contributed by atoms with Crippen molar-refractivity contribution >= 4 is 17.6 Å². The molecule has 0 saturated heterocycles. The molecule has 0 aliphatic rings. The Labute approximate surface area is 99.9 Å². The Bertz CT molecular complexity index is 467. The largest absolute Gasteiger partial charge is 0.480 e. The van der Waals surface area contributed by atoms with Crippen molar-refractivity contribution in [2.24, 2.45) is 5.41 Å². The number of carbonyl (C=O) groups excluding carboxylic acids is 1. The van der Waals surface area contributed by atoms with Crippen LogP contribution in [0, 0.1) is 19.3 Å². The molecule has 0 aliphatic heterocycles. The second-order valence-corrected chi connectivity index (χ2v) is 4.47. The first-order valence-corrected chi connectivity index (χ1v) is 5.24.